The Balaban J connectivity index is 1.93. The first-order valence-corrected chi connectivity index (χ1v) is 4.79. The summed E-state index contributed by atoms with van der Waals surface area (Å²) >= 11 is 0. The van der Waals surface area contributed by atoms with Crippen LogP contribution in [0.1, 0.15) is 26.7 Å². The van der Waals surface area contributed by atoms with E-state index in [0.717, 1.165) is 17.8 Å². The van der Waals surface area contributed by atoms with Gasteiger partial charge in [-0.25, -0.2) is 0 Å². The van der Waals surface area contributed by atoms with E-state index in [4.69, 9.17) is 0 Å². The summed E-state index contributed by atoms with van der Waals surface area (Å²) < 4.78 is 0. The number of fused-ring (bicyclic) bond motifs is 1. The summed E-state index contributed by atoms with van der Waals surface area (Å²) in [6, 6.07) is 0. The minimum atomic E-state index is 1.08. The third-order valence-electron chi connectivity index (χ3n) is 4.46. The second kappa shape index (κ2) is 1.44. The lowest BCUT2D eigenvalue weighted by atomic mass is 9.94. The van der Waals surface area contributed by atoms with E-state index >= 15 is 0 Å². The van der Waals surface area contributed by atoms with E-state index in [1.54, 1.807) is 12.8 Å². The quantitative estimate of drug-likeness (QED) is 0.480. The minimum absolute atomic E-state index is 1.08. The lowest BCUT2D eigenvalue weighted by molar-refractivity contribution is 0.377. The third kappa shape index (κ3) is 0.436. The molecule has 3 aliphatic carbocycles. The predicted octanol–water partition coefficient (Wildman–Crippen LogP) is 2.54. The summed E-state index contributed by atoms with van der Waals surface area (Å²) in [4.78, 5) is 0. The highest BCUT2D eigenvalue weighted by molar-refractivity contribution is 5.14. The minimum Gasteiger partial charge on any atom is -0.0622 e. The molecule has 0 spiro atoms. The first-order chi connectivity index (χ1) is 4.79. The van der Waals surface area contributed by atoms with Crippen LogP contribution in [0.15, 0.2) is 0 Å². The van der Waals surface area contributed by atoms with Gasteiger partial charge < -0.3 is 0 Å². The molecule has 56 valence electrons. The van der Waals surface area contributed by atoms with Crippen LogP contribution in [0.4, 0.5) is 0 Å². The summed E-state index contributed by atoms with van der Waals surface area (Å²) in [5, 5.41) is 0. The van der Waals surface area contributed by atoms with Gasteiger partial charge in [-0.3, -0.25) is 0 Å². The van der Waals surface area contributed by atoms with Gasteiger partial charge in [0.05, 0.1) is 0 Å². The fourth-order valence-electron chi connectivity index (χ4n) is 4.11. The van der Waals surface area contributed by atoms with Crippen molar-refractivity contribution >= 4 is 0 Å². The van der Waals surface area contributed by atoms with Gasteiger partial charge in [0, 0.05) is 0 Å². The van der Waals surface area contributed by atoms with E-state index in [2.05, 4.69) is 13.8 Å². The summed E-state index contributed by atoms with van der Waals surface area (Å²) in [6.07, 6.45) is 3.14. The predicted molar refractivity (Wildman–Crippen MR) is 41.5 cm³/mol. The molecular weight excluding hydrogens is 120 g/mol. The lowest BCUT2D eigenvalue weighted by Crippen LogP contribution is -2.04. The van der Waals surface area contributed by atoms with Crippen LogP contribution in [0.3, 0.4) is 0 Å². The standard InChI is InChI=1S/C10H16/c1-5-3-8-9-6(2)4-7(5)10(8)9/h5-10H,3-4H2,1-2H3. The largest absolute Gasteiger partial charge is 0.0622 e. The third-order valence-corrected chi connectivity index (χ3v) is 4.46. The number of rotatable bonds is 0. The summed E-state index contributed by atoms with van der Waals surface area (Å²) in [6.45, 7) is 4.93. The van der Waals surface area contributed by atoms with Crippen LogP contribution < -0.4 is 0 Å². The smallest absolute Gasteiger partial charge is 0.0318 e. The number of hydrogen-bond donors (Lipinski definition) is 0. The zero-order chi connectivity index (χ0) is 6.88. The normalized spacial score (nSPS) is 70.2. The van der Waals surface area contributed by atoms with Crippen LogP contribution >= 0.6 is 0 Å². The van der Waals surface area contributed by atoms with E-state index in [1.807, 2.05) is 0 Å². The summed E-state index contributed by atoms with van der Waals surface area (Å²) in [7, 11) is 0. The van der Waals surface area contributed by atoms with Gasteiger partial charge in [-0.2, -0.15) is 0 Å². The first kappa shape index (κ1) is 5.62. The molecule has 0 saturated heterocycles. The van der Waals surface area contributed by atoms with Crippen LogP contribution in [0.25, 0.3) is 0 Å². The maximum Gasteiger partial charge on any atom is -0.0318 e. The molecule has 0 radical (unpaired) electrons. The monoisotopic (exact) mass is 136 g/mol. The second-order valence-corrected chi connectivity index (χ2v) is 4.91. The molecule has 0 N–H and O–H groups in total. The molecule has 10 heavy (non-hydrogen) atoms. The van der Waals surface area contributed by atoms with Crippen molar-refractivity contribution in [2.45, 2.75) is 26.7 Å². The van der Waals surface area contributed by atoms with E-state index in [9.17, 15) is 0 Å². The molecule has 0 bridgehead atoms. The Morgan fingerprint density at radius 2 is 1.50 bits per heavy atom. The molecule has 0 amide bonds. The van der Waals surface area contributed by atoms with Crippen molar-refractivity contribution in [3.05, 3.63) is 0 Å². The van der Waals surface area contributed by atoms with Gasteiger partial charge in [0.15, 0.2) is 0 Å². The van der Waals surface area contributed by atoms with E-state index in [0.29, 0.717) is 0 Å². The van der Waals surface area contributed by atoms with Crippen molar-refractivity contribution in [3.63, 3.8) is 0 Å². The molecule has 0 heterocycles. The van der Waals surface area contributed by atoms with Crippen molar-refractivity contribution in [1.82, 2.24) is 0 Å². The molecule has 3 saturated carbocycles. The van der Waals surface area contributed by atoms with Gasteiger partial charge in [-0.05, 0) is 48.3 Å². The summed E-state index contributed by atoms with van der Waals surface area (Å²) in [5.74, 6) is 6.93. The lowest BCUT2D eigenvalue weighted by Gasteiger charge is -2.12. The van der Waals surface area contributed by atoms with Gasteiger partial charge in [0.2, 0.25) is 0 Å². The Bertz CT molecular complexity index is 173. The molecule has 0 nitrogen and oxygen atoms in total. The Labute approximate surface area is 63.0 Å². The van der Waals surface area contributed by atoms with Gasteiger partial charge >= 0.3 is 0 Å². The van der Waals surface area contributed by atoms with Crippen LogP contribution in [0.5, 0.6) is 0 Å². The van der Waals surface area contributed by atoms with Crippen molar-refractivity contribution < 1.29 is 0 Å². The van der Waals surface area contributed by atoms with Gasteiger partial charge in [-0.1, -0.05) is 13.8 Å². The van der Waals surface area contributed by atoms with Crippen molar-refractivity contribution in [2.75, 3.05) is 0 Å². The molecule has 3 aliphatic rings. The average molecular weight is 136 g/mol. The molecule has 0 aromatic carbocycles. The highest BCUT2D eigenvalue weighted by atomic mass is 14.7. The Kier molecular flexibility index (Phi) is 0.810. The Morgan fingerprint density at radius 3 is 2.10 bits per heavy atom. The van der Waals surface area contributed by atoms with E-state index < -0.39 is 0 Å². The molecule has 3 fully saturated rings. The zero-order valence-electron chi connectivity index (χ0n) is 6.88. The zero-order valence-corrected chi connectivity index (χ0v) is 6.88. The van der Waals surface area contributed by atoms with E-state index in [1.165, 1.54) is 17.8 Å². The van der Waals surface area contributed by atoms with Crippen LogP contribution in [0.2, 0.25) is 0 Å². The highest BCUT2D eigenvalue weighted by Gasteiger charge is 2.66. The molecule has 6 atom stereocenters. The Morgan fingerprint density at radius 1 is 0.800 bits per heavy atom. The maximum absolute atomic E-state index is 2.47. The fourth-order valence-corrected chi connectivity index (χ4v) is 4.11. The molecule has 0 aromatic heterocycles. The van der Waals surface area contributed by atoms with Crippen molar-refractivity contribution in [2.24, 2.45) is 35.5 Å². The molecular formula is C10H16. The first-order valence-electron chi connectivity index (χ1n) is 4.79. The molecule has 6 unspecified atom stereocenters. The average Bonchev–Trinajstić information content (AvgIpc) is 2.37. The van der Waals surface area contributed by atoms with Crippen molar-refractivity contribution in [3.8, 4) is 0 Å². The van der Waals surface area contributed by atoms with Gasteiger partial charge in [-0.15, -0.1) is 0 Å². The van der Waals surface area contributed by atoms with Crippen LogP contribution in [-0.2, 0) is 0 Å². The fraction of sp³-hybridized carbons (Fsp3) is 1.00. The molecule has 0 aromatic rings. The highest BCUT2D eigenvalue weighted by Crippen LogP contribution is 2.72. The SMILES string of the molecule is CC1CC2C3C(C)CC1C23. The maximum atomic E-state index is 2.47. The van der Waals surface area contributed by atoms with Crippen LogP contribution in [-0.4, -0.2) is 0 Å². The molecule has 3 rings (SSSR count). The topological polar surface area (TPSA) is 0 Å². The van der Waals surface area contributed by atoms with E-state index in [-0.39, 0.29) is 0 Å². The Hall–Kier alpha value is 0. The van der Waals surface area contributed by atoms with Gasteiger partial charge in [0.25, 0.3) is 0 Å². The summed E-state index contributed by atoms with van der Waals surface area (Å²) in [5.41, 5.74) is 0. The number of hydrogen-bond acceptors (Lipinski definition) is 0. The van der Waals surface area contributed by atoms with Gasteiger partial charge in [0.1, 0.15) is 0 Å². The molecule has 0 heteroatoms. The van der Waals surface area contributed by atoms with Crippen molar-refractivity contribution in [1.29, 1.82) is 0 Å². The second-order valence-electron chi connectivity index (χ2n) is 4.91. The molecule has 0 aliphatic heterocycles. The van der Waals surface area contributed by atoms with Crippen LogP contribution in [0, 0.1) is 35.5 Å².